The van der Waals surface area contributed by atoms with E-state index in [1.807, 2.05) is 25.1 Å². The van der Waals surface area contributed by atoms with Crippen molar-refractivity contribution in [2.24, 2.45) is 0 Å². The first-order chi connectivity index (χ1) is 8.24. The summed E-state index contributed by atoms with van der Waals surface area (Å²) in [6, 6.07) is 8.19. The third kappa shape index (κ3) is 1.66. The molecule has 0 N–H and O–H groups in total. The third-order valence-electron chi connectivity index (χ3n) is 3.03. The van der Waals surface area contributed by atoms with Crippen LogP contribution in [0.2, 0.25) is 0 Å². The van der Waals surface area contributed by atoms with Crippen LogP contribution in [0, 0.1) is 6.92 Å². The molecule has 0 aliphatic rings. The molecule has 0 radical (unpaired) electrons. The normalized spacial score (nSPS) is 10.3. The monoisotopic (exact) mass is 228 g/mol. The van der Waals surface area contributed by atoms with Crippen molar-refractivity contribution in [1.29, 1.82) is 0 Å². The van der Waals surface area contributed by atoms with E-state index in [9.17, 15) is 0 Å². The molecule has 2 nitrogen and oxygen atoms in total. The molecule has 2 aromatic rings. The lowest BCUT2D eigenvalue weighted by atomic mass is 9.98. The van der Waals surface area contributed by atoms with Crippen LogP contribution in [0.15, 0.2) is 30.8 Å². The SMILES string of the molecule is C=Cc1c(OC)c(OC)c(C)c2ccccc12. The lowest BCUT2D eigenvalue weighted by Gasteiger charge is -2.16. The number of aryl methyl sites for hydroxylation is 1. The zero-order chi connectivity index (χ0) is 12.4. The molecule has 0 unspecified atom stereocenters. The van der Waals surface area contributed by atoms with Crippen molar-refractivity contribution < 1.29 is 9.47 Å². The summed E-state index contributed by atoms with van der Waals surface area (Å²) in [5, 5.41) is 2.30. The van der Waals surface area contributed by atoms with Crippen molar-refractivity contribution in [3.8, 4) is 11.5 Å². The molecule has 0 aromatic heterocycles. The van der Waals surface area contributed by atoms with Crippen molar-refractivity contribution in [3.05, 3.63) is 42.0 Å². The molecule has 0 saturated heterocycles. The Hall–Kier alpha value is -1.96. The van der Waals surface area contributed by atoms with Gasteiger partial charge in [-0.05, 0) is 17.7 Å². The van der Waals surface area contributed by atoms with Gasteiger partial charge in [0.1, 0.15) is 0 Å². The predicted molar refractivity (Wildman–Crippen MR) is 71.9 cm³/mol. The molecule has 2 aromatic carbocycles. The molecule has 0 aliphatic carbocycles. The fourth-order valence-electron chi connectivity index (χ4n) is 2.23. The second kappa shape index (κ2) is 4.50. The van der Waals surface area contributed by atoms with Crippen LogP contribution in [0.4, 0.5) is 0 Å². The largest absolute Gasteiger partial charge is 0.493 e. The van der Waals surface area contributed by atoms with Gasteiger partial charge in [-0.1, -0.05) is 36.9 Å². The van der Waals surface area contributed by atoms with Crippen LogP contribution in [0.25, 0.3) is 16.8 Å². The minimum atomic E-state index is 0.749. The van der Waals surface area contributed by atoms with Crippen LogP contribution in [0.5, 0.6) is 11.5 Å². The topological polar surface area (TPSA) is 18.5 Å². The summed E-state index contributed by atoms with van der Waals surface area (Å²) in [6.45, 7) is 5.90. The number of benzene rings is 2. The van der Waals surface area contributed by atoms with Gasteiger partial charge in [0, 0.05) is 11.1 Å². The number of hydrogen-bond acceptors (Lipinski definition) is 2. The molecule has 0 atom stereocenters. The maximum atomic E-state index is 5.45. The van der Waals surface area contributed by atoms with Gasteiger partial charge in [0.2, 0.25) is 0 Å². The summed E-state index contributed by atoms with van der Waals surface area (Å²) in [5.41, 5.74) is 2.07. The first-order valence-electron chi connectivity index (χ1n) is 5.50. The Morgan fingerprint density at radius 2 is 1.59 bits per heavy atom. The van der Waals surface area contributed by atoms with Gasteiger partial charge < -0.3 is 9.47 Å². The first-order valence-corrected chi connectivity index (χ1v) is 5.50. The summed E-state index contributed by atoms with van der Waals surface area (Å²) in [7, 11) is 3.31. The standard InChI is InChI=1S/C15H16O2/c1-5-11-13-9-7-6-8-12(13)10(2)14(16-3)15(11)17-4/h5-9H,1H2,2-4H3. The van der Waals surface area contributed by atoms with Gasteiger partial charge in [0.15, 0.2) is 11.5 Å². The van der Waals surface area contributed by atoms with Gasteiger partial charge in [-0.25, -0.2) is 0 Å². The minimum absolute atomic E-state index is 0.749. The van der Waals surface area contributed by atoms with Crippen molar-refractivity contribution >= 4 is 16.8 Å². The van der Waals surface area contributed by atoms with Crippen LogP contribution >= 0.6 is 0 Å². The van der Waals surface area contributed by atoms with E-state index in [1.54, 1.807) is 14.2 Å². The van der Waals surface area contributed by atoms with E-state index < -0.39 is 0 Å². The molecule has 0 fully saturated rings. The molecule has 0 heterocycles. The fraction of sp³-hybridized carbons (Fsp3) is 0.200. The van der Waals surface area contributed by atoms with Crippen LogP contribution in [-0.2, 0) is 0 Å². The number of hydrogen-bond donors (Lipinski definition) is 0. The van der Waals surface area contributed by atoms with Crippen molar-refractivity contribution in [2.75, 3.05) is 14.2 Å². The Morgan fingerprint density at radius 3 is 2.12 bits per heavy atom. The van der Waals surface area contributed by atoms with Gasteiger partial charge in [-0.2, -0.15) is 0 Å². The molecule has 0 amide bonds. The molecule has 0 bridgehead atoms. The summed E-state index contributed by atoms with van der Waals surface area (Å²) in [6.07, 6.45) is 1.81. The Morgan fingerprint density at radius 1 is 1.00 bits per heavy atom. The smallest absolute Gasteiger partial charge is 0.168 e. The Bertz CT molecular complexity index is 571. The van der Waals surface area contributed by atoms with Gasteiger partial charge in [-0.15, -0.1) is 0 Å². The van der Waals surface area contributed by atoms with E-state index in [0.29, 0.717) is 0 Å². The summed E-state index contributed by atoms with van der Waals surface area (Å²) >= 11 is 0. The van der Waals surface area contributed by atoms with Crippen molar-refractivity contribution in [3.63, 3.8) is 0 Å². The van der Waals surface area contributed by atoms with Gasteiger partial charge in [0.05, 0.1) is 14.2 Å². The van der Waals surface area contributed by atoms with Gasteiger partial charge in [-0.3, -0.25) is 0 Å². The third-order valence-corrected chi connectivity index (χ3v) is 3.03. The van der Waals surface area contributed by atoms with Gasteiger partial charge >= 0.3 is 0 Å². The number of methoxy groups -OCH3 is 2. The highest BCUT2D eigenvalue weighted by molar-refractivity contribution is 5.97. The fourth-order valence-corrected chi connectivity index (χ4v) is 2.23. The Labute approximate surface area is 101 Å². The van der Waals surface area contributed by atoms with Crippen molar-refractivity contribution in [2.45, 2.75) is 6.92 Å². The summed E-state index contributed by atoms with van der Waals surface area (Å²) in [5.74, 6) is 1.53. The second-order valence-electron chi connectivity index (χ2n) is 3.85. The van der Waals surface area contributed by atoms with Gasteiger partial charge in [0.25, 0.3) is 0 Å². The highest BCUT2D eigenvalue weighted by Gasteiger charge is 2.16. The Balaban J connectivity index is 2.98. The predicted octanol–water partition coefficient (Wildman–Crippen LogP) is 3.81. The average molecular weight is 228 g/mol. The highest BCUT2D eigenvalue weighted by Crippen LogP contribution is 2.41. The first kappa shape index (κ1) is 11.5. The minimum Gasteiger partial charge on any atom is -0.493 e. The summed E-state index contributed by atoms with van der Waals surface area (Å²) in [4.78, 5) is 0. The molecule has 88 valence electrons. The number of ether oxygens (including phenoxy) is 2. The van der Waals surface area contributed by atoms with E-state index in [1.165, 1.54) is 5.39 Å². The van der Waals surface area contributed by atoms with Crippen LogP contribution in [0.3, 0.4) is 0 Å². The number of fused-ring (bicyclic) bond motifs is 1. The quantitative estimate of drug-likeness (QED) is 0.795. The molecule has 0 aliphatic heterocycles. The van der Waals surface area contributed by atoms with Crippen LogP contribution in [0.1, 0.15) is 11.1 Å². The lowest BCUT2D eigenvalue weighted by Crippen LogP contribution is -1.97. The van der Waals surface area contributed by atoms with E-state index in [2.05, 4.69) is 18.7 Å². The molecule has 17 heavy (non-hydrogen) atoms. The summed E-state index contributed by atoms with van der Waals surface area (Å²) < 4.78 is 10.9. The number of rotatable bonds is 3. The van der Waals surface area contributed by atoms with Crippen LogP contribution < -0.4 is 9.47 Å². The van der Waals surface area contributed by atoms with Crippen LogP contribution in [-0.4, -0.2) is 14.2 Å². The molecule has 0 saturated carbocycles. The molecule has 0 spiro atoms. The van der Waals surface area contributed by atoms with E-state index in [-0.39, 0.29) is 0 Å². The van der Waals surface area contributed by atoms with E-state index >= 15 is 0 Å². The molecule has 2 rings (SSSR count). The molecular formula is C15H16O2. The molecular weight excluding hydrogens is 212 g/mol. The molecule has 2 heteroatoms. The average Bonchev–Trinajstić information content (AvgIpc) is 2.38. The van der Waals surface area contributed by atoms with E-state index in [4.69, 9.17) is 9.47 Å². The maximum absolute atomic E-state index is 5.45. The van der Waals surface area contributed by atoms with Crippen molar-refractivity contribution in [1.82, 2.24) is 0 Å². The highest BCUT2D eigenvalue weighted by atomic mass is 16.5. The maximum Gasteiger partial charge on any atom is 0.168 e. The second-order valence-corrected chi connectivity index (χ2v) is 3.85. The zero-order valence-corrected chi connectivity index (χ0v) is 10.4. The van der Waals surface area contributed by atoms with E-state index in [0.717, 1.165) is 28.0 Å². The Kier molecular flexibility index (Phi) is 3.05. The zero-order valence-electron chi connectivity index (χ0n) is 10.4. The lowest BCUT2D eigenvalue weighted by molar-refractivity contribution is 0.353.